The third-order valence-electron chi connectivity index (χ3n) is 4.05. The number of halogens is 1. The van der Waals surface area contributed by atoms with Crippen molar-refractivity contribution >= 4 is 17.5 Å². The molecule has 4 rings (SSSR count). The summed E-state index contributed by atoms with van der Waals surface area (Å²) >= 11 is 0. The molecule has 0 aliphatic carbocycles. The van der Waals surface area contributed by atoms with Crippen LogP contribution in [-0.4, -0.2) is 15.0 Å². The summed E-state index contributed by atoms with van der Waals surface area (Å²) in [4.78, 5) is 13.4. The molecule has 0 aliphatic rings. The van der Waals surface area contributed by atoms with Crippen molar-refractivity contribution in [2.45, 2.75) is 6.54 Å². The molecule has 0 amide bonds. The zero-order valence-electron chi connectivity index (χ0n) is 15.0. The van der Waals surface area contributed by atoms with E-state index in [1.807, 2.05) is 54.6 Å². The van der Waals surface area contributed by atoms with E-state index in [2.05, 4.69) is 25.6 Å². The fourth-order valence-corrected chi connectivity index (χ4v) is 2.73. The van der Waals surface area contributed by atoms with E-state index in [9.17, 15) is 4.39 Å². The van der Waals surface area contributed by atoms with Gasteiger partial charge < -0.3 is 10.6 Å². The third kappa shape index (κ3) is 4.48. The zero-order chi connectivity index (χ0) is 19.2. The molecule has 2 N–H and O–H groups in total. The van der Waals surface area contributed by atoms with E-state index in [1.54, 1.807) is 18.3 Å². The molecular formula is C22H18FN5. The monoisotopic (exact) mass is 371 g/mol. The van der Waals surface area contributed by atoms with E-state index in [0.29, 0.717) is 24.0 Å². The average molecular weight is 371 g/mol. The molecule has 28 heavy (non-hydrogen) atoms. The summed E-state index contributed by atoms with van der Waals surface area (Å²) in [6, 6.07) is 23.7. The summed E-state index contributed by atoms with van der Waals surface area (Å²) in [7, 11) is 0. The lowest BCUT2D eigenvalue weighted by Crippen LogP contribution is -2.07. The van der Waals surface area contributed by atoms with Crippen LogP contribution in [0.25, 0.3) is 11.3 Å². The highest BCUT2D eigenvalue weighted by atomic mass is 19.1. The van der Waals surface area contributed by atoms with Crippen LogP contribution in [0.4, 0.5) is 21.8 Å². The third-order valence-corrected chi connectivity index (χ3v) is 4.05. The molecule has 0 aliphatic heterocycles. The predicted molar refractivity (Wildman–Crippen MR) is 109 cm³/mol. The quantitative estimate of drug-likeness (QED) is 0.497. The Kier molecular flexibility index (Phi) is 5.20. The van der Waals surface area contributed by atoms with Gasteiger partial charge in [0.25, 0.3) is 0 Å². The highest BCUT2D eigenvalue weighted by molar-refractivity contribution is 5.67. The van der Waals surface area contributed by atoms with Gasteiger partial charge >= 0.3 is 0 Å². The first kappa shape index (κ1) is 17.6. The molecule has 0 unspecified atom stereocenters. The number of nitrogens with one attached hydrogen (secondary N) is 2. The SMILES string of the molecule is Fc1cccc(Nc2cc(-c3ccccc3)nc(NCc3ccccn3)n2)c1. The van der Waals surface area contributed by atoms with Crippen molar-refractivity contribution in [3.05, 3.63) is 96.6 Å². The predicted octanol–water partition coefficient (Wildman–Crippen LogP) is 5.03. The van der Waals surface area contributed by atoms with Gasteiger partial charge in [0.1, 0.15) is 11.6 Å². The molecule has 0 spiro atoms. The van der Waals surface area contributed by atoms with Crippen LogP contribution in [0.2, 0.25) is 0 Å². The van der Waals surface area contributed by atoms with Crippen LogP contribution < -0.4 is 10.6 Å². The first-order chi connectivity index (χ1) is 13.8. The number of nitrogens with zero attached hydrogens (tertiary/aromatic N) is 3. The second-order valence-corrected chi connectivity index (χ2v) is 6.14. The van der Waals surface area contributed by atoms with Crippen molar-refractivity contribution in [1.82, 2.24) is 15.0 Å². The van der Waals surface area contributed by atoms with Crippen LogP contribution in [0, 0.1) is 5.82 Å². The number of hydrogen-bond donors (Lipinski definition) is 2. The van der Waals surface area contributed by atoms with Crippen molar-refractivity contribution in [3.8, 4) is 11.3 Å². The topological polar surface area (TPSA) is 62.7 Å². The molecule has 0 bridgehead atoms. The van der Waals surface area contributed by atoms with E-state index in [1.165, 1.54) is 12.1 Å². The van der Waals surface area contributed by atoms with Gasteiger partial charge in [0, 0.05) is 23.5 Å². The van der Waals surface area contributed by atoms with Crippen molar-refractivity contribution in [1.29, 1.82) is 0 Å². The van der Waals surface area contributed by atoms with Crippen LogP contribution in [0.15, 0.2) is 85.1 Å². The summed E-state index contributed by atoms with van der Waals surface area (Å²) in [5.74, 6) is 0.727. The average Bonchev–Trinajstić information content (AvgIpc) is 2.74. The number of pyridine rings is 1. The molecule has 0 fully saturated rings. The number of anilines is 3. The zero-order valence-corrected chi connectivity index (χ0v) is 15.0. The van der Waals surface area contributed by atoms with Crippen LogP contribution in [-0.2, 0) is 6.54 Å². The Morgan fingerprint density at radius 2 is 1.68 bits per heavy atom. The lowest BCUT2D eigenvalue weighted by molar-refractivity contribution is 0.628. The highest BCUT2D eigenvalue weighted by Crippen LogP contribution is 2.24. The maximum Gasteiger partial charge on any atom is 0.225 e. The lowest BCUT2D eigenvalue weighted by atomic mass is 10.1. The van der Waals surface area contributed by atoms with Gasteiger partial charge in [-0.3, -0.25) is 4.98 Å². The Balaban J connectivity index is 1.64. The number of benzene rings is 2. The first-order valence-electron chi connectivity index (χ1n) is 8.87. The van der Waals surface area contributed by atoms with Crippen molar-refractivity contribution in [3.63, 3.8) is 0 Å². The molecule has 4 aromatic rings. The molecular weight excluding hydrogens is 353 g/mol. The van der Waals surface area contributed by atoms with Gasteiger partial charge in [-0.05, 0) is 30.3 Å². The molecule has 2 heterocycles. The summed E-state index contributed by atoms with van der Waals surface area (Å²) < 4.78 is 13.5. The Morgan fingerprint density at radius 3 is 2.46 bits per heavy atom. The van der Waals surface area contributed by atoms with Gasteiger partial charge in [-0.1, -0.05) is 42.5 Å². The summed E-state index contributed by atoms with van der Waals surface area (Å²) in [5, 5.41) is 6.36. The van der Waals surface area contributed by atoms with E-state index in [0.717, 1.165) is 17.0 Å². The van der Waals surface area contributed by atoms with Crippen LogP contribution in [0.1, 0.15) is 5.69 Å². The molecule has 0 saturated heterocycles. The molecule has 2 aromatic carbocycles. The number of hydrogen-bond acceptors (Lipinski definition) is 5. The molecule has 6 heteroatoms. The molecule has 2 aromatic heterocycles. The van der Waals surface area contributed by atoms with E-state index in [4.69, 9.17) is 0 Å². The minimum atomic E-state index is -0.309. The minimum Gasteiger partial charge on any atom is -0.348 e. The van der Waals surface area contributed by atoms with Gasteiger partial charge in [-0.15, -0.1) is 0 Å². The van der Waals surface area contributed by atoms with Gasteiger partial charge in [-0.25, -0.2) is 9.37 Å². The van der Waals surface area contributed by atoms with Crippen molar-refractivity contribution < 1.29 is 4.39 Å². The summed E-state index contributed by atoms with van der Waals surface area (Å²) in [6.45, 7) is 0.499. The van der Waals surface area contributed by atoms with Crippen LogP contribution in [0.5, 0.6) is 0 Å². The van der Waals surface area contributed by atoms with Gasteiger partial charge in [0.05, 0.1) is 17.9 Å². The molecule has 0 atom stereocenters. The summed E-state index contributed by atoms with van der Waals surface area (Å²) in [5.41, 5.74) is 3.23. The van der Waals surface area contributed by atoms with Crippen molar-refractivity contribution in [2.24, 2.45) is 0 Å². The standard InChI is InChI=1S/C22H18FN5/c23-17-9-6-11-18(13-17)26-21-14-20(16-7-2-1-3-8-16)27-22(28-21)25-15-19-10-4-5-12-24-19/h1-14H,15H2,(H2,25,26,27,28). The fourth-order valence-electron chi connectivity index (χ4n) is 2.73. The van der Waals surface area contributed by atoms with E-state index in [-0.39, 0.29) is 5.82 Å². The van der Waals surface area contributed by atoms with Gasteiger partial charge in [0.15, 0.2) is 0 Å². The van der Waals surface area contributed by atoms with Crippen LogP contribution in [0.3, 0.4) is 0 Å². The molecule has 138 valence electrons. The van der Waals surface area contributed by atoms with E-state index >= 15 is 0 Å². The Hall–Kier alpha value is -3.80. The van der Waals surface area contributed by atoms with Gasteiger partial charge in [-0.2, -0.15) is 4.98 Å². The largest absolute Gasteiger partial charge is 0.348 e. The maximum atomic E-state index is 13.5. The Bertz CT molecular complexity index is 1050. The van der Waals surface area contributed by atoms with Crippen molar-refractivity contribution in [2.75, 3.05) is 10.6 Å². The second-order valence-electron chi connectivity index (χ2n) is 6.14. The molecule has 5 nitrogen and oxygen atoms in total. The summed E-state index contributed by atoms with van der Waals surface area (Å²) in [6.07, 6.45) is 1.75. The minimum absolute atomic E-state index is 0.309. The Labute approximate surface area is 162 Å². The molecule has 0 radical (unpaired) electrons. The van der Waals surface area contributed by atoms with Crippen LogP contribution >= 0.6 is 0 Å². The fraction of sp³-hybridized carbons (Fsp3) is 0.0455. The van der Waals surface area contributed by atoms with E-state index < -0.39 is 0 Å². The normalized spacial score (nSPS) is 10.5. The second kappa shape index (κ2) is 8.26. The first-order valence-corrected chi connectivity index (χ1v) is 8.87. The Morgan fingerprint density at radius 1 is 0.821 bits per heavy atom. The smallest absolute Gasteiger partial charge is 0.225 e. The molecule has 0 saturated carbocycles. The number of rotatable bonds is 6. The number of aromatic nitrogens is 3. The van der Waals surface area contributed by atoms with Gasteiger partial charge in [0.2, 0.25) is 5.95 Å². The maximum absolute atomic E-state index is 13.5. The lowest BCUT2D eigenvalue weighted by Gasteiger charge is -2.11. The highest BCUT2D eigenvalue weighted by Gasteiger charge is 2.08.